The van der Waals surface area contributed by atoms with Gasteiger partial charge in [-0.3, -0.25) is 4.79 Å². The molecule has 1 atom stereocenters. The Balaban J connectivity index is 2.82. The molecule has 0 saturated carbocycles. The van der Waals surface area contributed by atoms with E-state index in [0.717, 1.165) is 0 Å². The molecule has 2 N–H and O–H groups in total. The van der Waals surface area contributed by atoms with E-state index >= 15 is 4.39 Å². The highest BCUT2D eigenvalue weighted by Crippen LogP contribution is 2.42. The zero-order valence-electron chi connectivity index (χ0n) is 16.9. The first-order valence-corrected chi connectivity index (χ1v) is 9.08. The van der Waals surface area contributed by atoms with Crippen LogP contribution in [0, 0.1) is 25.5 Å². The number of carbonyl (C=O) groups excluding carboxylic acids is 1. The van der Waals surface area contributed by atoms with E-state index in [9.17, 15) is 22.4 Å². The molecular formula is C21H22F5NO3. The lowest BCUT2D eigenvalue weighted by Crippen LogP contribution is -2.22. The second-order valence-corrected chi connectivity index (χ2v) is 6.71. The van der Waals surface area contributed by atoms with Crippen LogP contribution in [-0.2, 0) is 15.7 Å². The summed E-state index contributed by atoms with van der Waals surface area (Å²) in [6.07, 6.45) is -5.79. The first-order valence-electron chi connectivity index (χ1n) is 9.08. The summed E-state index contributed by atoms with van der Waals surface area (Å²) in [5, 5.41) is 0. The summed E-state index contributed by atoms with van der Waals surface area (Å²) >= 11 is 0. The van der Waals surface area contributed by atoms with Gasteiger partial charge in [-0.15, -0.1) is 0 Å². The summed E-state index contributed by atoms with van der Waals surface area (Å²) in [6, 6.07) is 1.89. The Hall–Kier alpha value is -2.68. The lowest BCUT2D eigenvalue weighted by molar-refractivity contribution is -0.143. The number of halogens is 5. The van der Waals surface area contributed by atoms with Gasteiger partial charge in [-0.25, -0.2) is 8.78 Å². The Morgan fingerprint density at radius 3 is 2.33 bits per heavy atom. The molecule has 2 aromatic rings. The van der Waals surface area contributed by atoms with Crippen molar-refractivity contribution in [2.24, 2.45) is 5.73 Å². The molecule has 30 heavy (non-hydrogen) atoms. The van der Waals surface area contributed by atoms with Crippen LogP contribution in [0.5, 0.6) is 5.75 Å². The number of nitrogens with two attached hydrogens (primary N) is 1. The number of esters is 1. The normalized spacial score (nSPS) is 12.6. The molecule has 2 aromatic carbocycles. The highest BCUT2D eigenvalue weighted by atomic mass is 19.4. The zero-order valence-corrected chi connectivity index (χ0v) is 16.9. The van der Waals surface area contributed by atoms with Gasteiger partial charge in [0.1, 0.15) is 17.4 Å². The van der Waals surface area contributed by atoms with Crippen LogP contribution in [-0.4, -0.2) is 19.7 Å². The van der Waals surface area contributed by atoms with Crippen molar-refractivity contribution < 1.29 is 36.2 Å². The van der Waals surface area contributed by atoms with Gasteiger partial charge in [0.25, 0.3) is 0 Å². The summed E-state index contributed by atoms with van der Waals surface area (Å²) in [5.74, 6) is -3.67. The Morgan fingerprint density at radius 2 is 1.80 bits per heavy atom. The number of alkyl halides is 3. The quantitative estimate of drug-likeness (QED) is 0.503. The van der Waals surface area contributed by atoms with E-state index in [2.05, 4.69) is 0 Å². The van der Waals surface area contributed by atoms with E-state index in [-0.39, 0.29) is 12.2 Å². The van der Waals surface area contributed by atoms with Crippen molar-refractivity contribution in [3.63, 3.8) is 0 Å². The van der Waals surface area contributed by atoms with Gasteiger partial charge in [-0.05, 0) is 49.6 Å². The van der Waals surface area contributed by atoms with Crippen molar-refractivity contribution in [1.29, 1.82) is 0 Å². The fourth-order valence-electron chi connectivity index (χ4n) is 3.34. The molecule has 4 nitrogen and oxygen atoms in total. The lowest BCUT2D eigenvalue weighted by atomic mass is 9.89. The molecule has 2 rings (SSSR count). The van der Waals surface area contributed by atoms with Crippen molar-refractivity contribution in [3.05, 3.63) is 52.1 Å². The average Bonchev–Trinajstić information content (AvgIpc) is 2.62. The van der Waals surface area contributed by atoms with Crippen LogP contribution in [0.25, 0.3) is 11.1 Å². The predicted molar refractivity (Wildman–Crippen MR) is 101 cm³/mol. The highest BCUT2D eigenvalue weighted by Gasteiger charge is 2.39. The SMILES string of the molecule is CCOC(=O)C[C@H](N)c1c(F)c(-c2c(C)ccc(OC)c2C)cc(C(F)(F)F)c1F. The fraction of sp³-hybridized carbons (Fsp3) is 0.381. The first kappa shape index (κ1) is 23.6. The topological polar surface area (TPSA) is 61.5 Å². The molecule has 0 aliphatic carbocycles. The number of rotatable bonds is 6. The maximum atomic E-state index is 15.4. The van der Waals surface area contributed by atoms with Crippen LogP contribution in [0.15, 0.2) is 18.2 Å². The molecular weight excluding hydrogens is 409 g/mol. The Kier molecular flexibility index (Phi) is 7.07. The molecule has 0 spiro atoms. The van der Waals surface area contributed by atoms with E-state index < -0.39 is 52.9 Å². The van der Waals surface area contributed by atoms with E-state index in [1.54, 1.807) is 26.0 Å². The fourth-order valence-corrected chi connectivity index (χ4v) is 3.34. The molecule has 0 aromatic heterocycles. The summed E-state index contributed by atoms with van der Waals surface area (Å²) in [6.45, 7) is 4.64. The number of methoxy groups -OCH3 is 1. The molecule has 0 fully saturated rings. The number of hydrogen-bond donors (Lipinski definition) is 1. The van der Waals surface area contributed by atoms with Crippen molar-refractivity contribution in [2.45, 2.75) is 39.4 Å². The van der Waals surface area contributed by atoms with Crippen LogP contribution in [0.3, 0.4) is 0 Å². The van der Waals surface area contributed by atoms with Crippen LogP contribution in [0.2, 0.25) is 0 Å². The minimum absolute atomic E-state index is 0.00738. The molecule has 0 heterocycles. The largest absolute Gasteiger partial charge is 0.496 e. The van der Waals surface area contributed by atoms with Gasteiger partial charge in [0.15, 0.2) is 0 Å². The Labute approximate surface area is 170 Å². The molecule has 0 bridgehead atoms. The summed E-state index contributed by atoms with van der Waals surface area (Å²) in [4.78, 5) is 11.7. The van der Waals surface area contributed by atoms with Gasteiger partial charge in [-0.2, -0.15) is 13.2 Å². The van der Waals surface area contributed by atoms with E-state index in [1.165, 1.54) is 14.0 Å². The van der Waals surface area contributed by atoms with Crippen molar-refractivity contribution in [3.8, 4) is 16.9 Å². The number of benzene rings is 2. The monoisotopic (exact) mass is 431 g/mol. The Morgan fingerprint density at radius 1 is 1.17 bits per heavy atom. The minimum Gasteiger partial charge on any atom is -0.496 e. The number of ether oxygens (including phenoxy) is 2. The molecule has 0 unspecified atom stereocenters. The molecule has 9 heteroatoms. The maximum absolute atomic E-state index is 15.4. The maximum Gasteiger partial charge on any atom is 0.419 e. The first-order chi connectivity index (χ1) is 13.9. The zero-order chi connectivity index (χ0) is 22.8. The highest BCUT2D eigenvalue weighted by molar-refractivity contribution is 5.76. The van der Waals surface area contributed by atoms with E-state index in [1.807, 2.05) is 0 Å². The summed E-state index contributed by atoms with van der Waals surface area (Å²) in [7, 11) is 1.37. The van der Waals surface area contributed by atoms with Crippen molar-refractivity contribution in [2.75, 3.05) is 13.7 Å². The molecule has 0 amide bonds. The van der Waals surface area contributed by atoms with Crippen molar-refractivity contribution in [1.82, 2.24) is 0 Å². The van der Waals surface area contributed by atoms with E-state index in [0.29, 0.717) is 22.9 Å². The average molecular weight is 431 g/mol. The molecule has 164 valence electrons. The van der Waals surface area contributed by atoms with E-state index in [4.69, 9.17) is 15.2 Å². The lowest BCUT2D eigenvalue weighted by Gasteiger charge is -2.21. The smallest absolute Gasteiger partial charge is 0.419 e. The van der Waals surface area contributed by atoms with Gasteiger partial charge in [0.2, 0.25) is 0 Å². The number of carbonyl (C=O) groups is 1. The predicted octanol–water partition coefficient (Wildman–Crippen LogP) is 5.23. The molecule has 0 aliphatic heterocycles. The minimum atomic E-state index is -5.11. The van der Waals surface area contributed by atoms with Crippen LogP contribution in [0.1, 0.15) is 41.6 Å². The second-order valence-electron chi connectivity index (χ2n) is 6.71. The third kappa shape index (κ3) is 4.56. The second kappa shape index (κ2) is 8.99. The molecule has 0 saturated heterocycles. The van der Waals surface area contributed by atoms with Gasteiger partial charge in [0.05, 0.1) is 25.7 Å². The van der Waals surface area contributed by atoms with Crippen LogP contribution in [0.4, 0.5) is 22.0 Å². The Bertz CT molecular complexity index is 957. The number of aryl methyl sites for hydroxylation is 1. The van der Waals surface area contributed by atoms with Gasteiger partial charge in [-0.1, -0.05) is 6.07 Å². The van der Waals surface area contributed by atoms with Crippen molar-refractivity contribution >= 4 is 5.97 Å². The van der Waals surface area contributed by atoms with Gasteiger partial charge >= 0.3 is 12.1 Å². The number of hydrogen-bond acceptors (Lipinski definition) is 4. The van der Waals surface area contributed by atoms with Gasteiger partial charge < -0.3 is 15.2 Å². The van der Waals surface area contributed by atoms with Gasteiger partial charge in [0, 0.05) is 17.2 Å². The summed E-state index contributed by atoms with van der Waals surface area (Å²) < 4.78 is 80.6. The third-order valence-electron chi connectivity index (χ3n) is 4.72. The standard InChI is InChI=1S/C21H22F5NO3/c1-5-30-16(28)9-14(27)18-19(22)12(8-13(20(18)23)21(24,25)26)17-10(2)6-7-15(29-4)11(17)3/h6-8,14H,5,9,27H2,1-4H3/t14-/m0/s1. The summed E-state index contributed by atoms with van der Waals surface area (Å²) in [5.41, 5.74) is 3.53. The molecule has 0 aliphatic rings. The van der Waals surface area contributed by atoms with Crippen LogP contribution >= 0.6 is 0 Å². The van der Waals surface area contributed by atoms with Crippen LogP contribution < -0.4 is 10.5 Å². The molecule has 0 radical (unpaired) electrons. The third-order valence-corrected chi connectivity index (χ3v) is 4.72.